The van der Waals surface area contributed by atoms with E-state index in [0.29, 0.717) is 11.4 Å². The molecular weight excluding hydrogens is 300 g/mol. The van der Waals surface area contributed by atoms with Crippen molar-refractivity contribution in [3.05, 3.63) is 34.9 Å². The van der Waals surface area contributed by atoms with Gasteiger partial charge in [-0.3, -0.25) is 0 Å². The molecule has 0 saturated heterocycles. The molecule has 0 radical (unpaired) electrons. The minimum Gasteiger partial charge on any atom is -0.396 e. The molecule has 0 aliphatic heterocycles. The summed E-state index contributed by atoms with van der Waals surface area (Å²) in [6, 6.07) is 6.81. The Bertz CT molecular complexity index is 536. The normalized spacial score (nSPS) is 13.9. The molecule has 1 N–H and O–H groups in total. The van der Waals surface area contributed by atoms with E-state index in [1.165, 1.54) is 22.7 Å². The lowest BCUT2D eigenvalue weighted by Crippen LogP contribution is -2.41. The minimum absolute atomic E-state index is 0.0381. The highest BCUT2D eigenvalue weighted by Crippen LogP contribution is 2.28. The van der Waals surface area contributed by atoms with Crippen LogP contribution in [-0.4, -0.2) is 49.4 Å². The molecular formula is C13H21ClN2O3S. The number of rotatable bonds is 7. The van der Waals surface area contributed by atoms with Crippen molar-refractivity contribution in [2.75, 3.05) is 27.2 Å². The summed E-state index contributed by atoms with van der Waals surface area (Å²) in [5.74, 6) is 0. The zero-order valence-electron chi connectivity index (χ0n) is 12.0. The van der Waals surface area contributed by atoms with Crippen LogP contribution in [0, 0.1) is 0 Å². The molecule has 20 heavy (non-hydrogen) atoms. The molecule has 0 aromatic heterocycles. The Morgan fingerprint density at radius 2 is 1.90 bits per heavy atom. The van der Waals surface area contributed by atoms with E-state index in [9.17, 15) is 8.42 Å². The largest absolute Gasteiger partial charge is 0.396 e. The highest BCUT2D eigenvalue weighted by molar-refractivity contribution is 7.86. The van der Waals surface area contributed by atoms with Crippen molar-refractivity contribution in [2.45, 2.75) is 19.4 Å². The first-order valence-corrected chi connectivity index (χ1v) is 8.14. The number of hydrogen-bond donors (Lipinski definition) is 1. The third-order valence-corrected chi connectivity index (χ3v) is 5.65. The van der Waals surface area contributed by atoms with Gasteiger partial charge >= 0.3 is 0 Å². The Balaban J connectivity index is 2.93. The zero-order chi connectivity index (χ0) is 15.3. The monoisotopic (exact) mass is 320 g/mol. The van der Waals surface area contributed by atoms with Crippen LogP contribution in [0.2, 0.25) is 5.02 Å². The van der Waals surface area contributed by atoms with Gasteiger partial charge in [0.15, 0.2) is 0 Å². The first-order chi connectivity index (χ1) is 9.32. The van der Waals surface area contributed by atoms with E-state index in [1.54, 1.807) is 19.1 Å². The maximum Gasteiger partial charge on any atom is 0.282 e. The van der Waals surface area contributed by atoms with E-state index in [1.807, 2.05) is 12.1 Å². The fourth-order valence-electron chi connectivity index (χ4n) is 1.84. The van der Waals surface area contributed by atoms with Gasteiger partial charge in [-0.15, -0.1) is 0 Å². The molecule has 114 valence electrons. The van der Waals surface area contributed by atoms with Gasteiger partial charge in [-0.1, -0.05) is 29.8 Å². The molecule has 1 unspecified atom stereocenters. The fraction of sp³-hybridized carbons (Fsp3) is 0.538. The molecule has 0 saturated carbocycles. The van der Waals surface area contributed by atoms with E-state index < -0.39 is 10.2 Å². The summed E-state index contributed by atoms with van der Waals surface area (Å²) in [5, 5.41) is 9.33. The van der Waals surface area contributed by atoms with Crippen LogP contribution in [-0.2, 0) is 10.2 Å². The standard InChI is InChI=1S/C13H21ClN2O3S/c1-11(12-7-4-5-8-13(12)14)16(3)20(18,19)15(2)9-6-10-17/h4-5,7-8,11,17H,6,9-10H2,1-3H3. The number of hydrogen-bond acceptors (Lipinski definition) is 3. The summed E-state index contributed by atoms with van der Waals surface area (Å²) < 4.78 is 27.3. The summed E-state index contributed by atoms with van der Waals surface area (Å²) in [6.45, 7) is 2.03. The molecule has 0 spiro atoms. The molecule has 5 nitrogen and oxygen atoms in total. The van der Waals surface area contributed by atoms with Crippen LogP contribution >= 0.6 is 11.6 Å². The molecule has 1 aromatic rings. The second-order valence-corrected chi connectivity index (χ2v) is 7.12. The summed E-state index contributed by atoms with van der Waals surface area (Å²) in [4.78, 5) is 0. The van der Waals surface area contributed by atoms with Gasteiger partial charge in [0, 0.05) is 38.3 Å². The highest BCUT2D eigenvalue weighted by Gasteiger charge is 2.28. The number of nitrogens with zero attached hydrogens (tertiary/aromatic N) is 2. The third-order valence-electron chi connectivity index (χ3n) is 3.29. The van der Waals surface area contributed by atoms with Crippen LogP contribution in [0.1, 0.15) is 24.9 Å². The average Bonchev–Trinajstić information content (AvgIpc) is 2.43. The maximum absolute atomic E-state index is 12.4. The zero-order valence-corrected chi connectivity index (χ0v) is 13.5. The summed E-state index contributed by atoms with van der Waals surface area (Å²) in [5.41, 5.74) is 0.760. The molecule has 0 aliphatic rings. The molecule has 0 heterocycles. The molecule has 1 aromatic carbocycles. The van der Waals surface area contributed by atoms with Crippen molar-refractivity contribution in [3.8, 4) is 0 Å². The van der Waals surface area contributed by atoms with E-state index in [2.05, 4.69) is 0 Å². The van der Waals surface area contributed by atoms with Crippen molar-refractivity contribution in [1.82, 2.24) is 8.61 Å². The number of aliphatic hydroxyl groups excluding tert-OH is 1. The smallest absolute Gasteiger partial charge is 0.282 e. The second-order valence-electron chi connectivity index (χ2n) is 4.62. The SMILES string of the molecule is CC(c1ccccc1Cl)N(C)S(=O)(=O)N(C)CCCO. The van der Waals surface area contributed by atoms with Gasteiger partial charge in [0.2, 0.25) is 0 Å². The van der Waals surface area contributed by atoms with E-state index in [-0.39, 0.29) is 19.2 Å². The average molecular weight is 321 g/mol. The van der Waals surface area contributed by atoms with Crippen LogP contribution in [0.25, 0.3) is 0 Å². The van der Waals surface area contributed by atoms with Crippen LogP contribution < -0.4 is 0 Å². The Kier molecular flexibility index (Phi) is 6.42. The van der Waals surface area contributed by atoms with E-state index >= 15 is 0 Å². The van der Waals surface area contributed by atoms with Gasteiger partial charge in [0.25, 0.3) is 10.2 Å². The third kappa shape index (κ3) is 3.93. The minimum atomic E-state index is -3.58. The van der Waals surface area contributed by atoms with Gasteiger partial charge in [-0.25, -0.2) is 0 Å². The molecule has 0 amide bonds. The van der Waals surface area contributed by atoms with Gasteiger partial charge in [-0.05, 0) is 25.0 Å². The number of aliphatic hydroxyl groups is 1. The Morgan fingerprint density at radius 1 is 1.30 bits per heavy atom. The fourth-order valence-corrected chi connectivity index (χ4v) is 3.44. The second kappa shape index (κ2) is 7.38. The predicted molar refractivity (Wildman–Crippen MR) is 80.9 cm³/mol. The van der Waals surface area contributed by atoms with Crippen LogP contribution in [0.4, 0.5) is 0 Å². The van der Waals surface area contributed by atoms with Crippen LogP contribution in [0.3, 0.4) is 0 Å². The van der Waals surface area contributed by atoms with E-state index in [0.717, 1.165) is 5.56 Å². The molecule has 7 heteroatoms. The van der Waals surface area contributed by atoms with Crippen LogP contribution in [0.15, 0.2) is 24.3 Å². The number of halogens is 1. The summed E-state index contributed by atoms with van der Waals surface area (Å²) in [6.07, 6.45) is 0.407. The van der Waals surface area contributed by atoms with Gasteiger partial charge in [-0.2, -0.15) is 17.0 Å². The Hall–Kier alpha value is -0.660. The lowest BCUT2D eigenvalue weighted by atomic mass is 10.1. The summed E-state index contributed by atoms with van der Waals surface area (Å²) >= 11 is 6.11. The summed E-state index contributed by atoms with van der Waals surface area (Å²) in [7, 11) is -0.551. The van der Waals surface area contributed by atoms with E-state index in [4.69, 9.17) is 16.7 Å². The van der Waals surface area contributed by atoms with Crippen molar-refractivity contribution < 1.29 is 13.5 Å². The molecule has 1 rings (SSSR count). The predicted octanol–water partition coefficient (Wildman–Crippen LogP) is 1.89. The van der Waals surface area contributed by atoms with Crippen molar-refractivity contribution in [1.29, 1.82) is 0 Å². The Labute approximate surface area is 125 Å². The van der Waals surface area contributed by atoms with Crippen molar-refractivity contribution in [2.24, 2.45) is 0 Å². The molecule has 1 atom stereocenters. The van der Waals surface area contributed by atoms with Crippen LogP contribution in [0.5, 0.6) is 0 Å². The van der Waals surface area contributed by atoms with Gasteiger partial charge in [0.1, 0.15) is 0 Å². The maximum atomic E-state index is 12.4. The highest BCUT2D eigenvalue weighted by atomic mass is 35.5. The first kappa shape index (κ1) is 17.4. The topological polar surface area (TPSA) is 60.9 Å². The molecule has 0 aliphatic carbocycles. The number of benzene rings is 1. The van der Waals surface area contributed by atoms with Crippen molar-refractivity contribution >= 4 is 21.8 Å². The van der Waals surface area contributed by atoms with Gasteiger partial charge in [0.05, 0.1) is 0 Å². The molecule has 0 bridgehead atoms. The lowest BCUT2D eigenvalue weighted by Gasteiger charge is -2.29. The quantitative estimate of drug-likeness (QED) is 0.834. The van der Waals surface area contributed by atoms with Crippen molar-refractivity contribution in [3.63, 3.8) is 0 Å². The Morgan fingerprint density at radius 3 is 2.45 bits per heavy atom. The molecule has 0 fully saturated rings. The lowest BCUT2D eigenvalue weighted by molar-refractivity contribution is 0.270. The van der Waals surface area contributed by atoms with Gasteiger partial charge < -0.3 is 5.11 Å². The first-order valence-electron chi connectivity index (χ1n) is 6.37.